The summed E-state index contributed by atoms with van der Waals surface area (Å²) in [5, 5.41) is 13.4. The first-order valence-electron chi connectivity index (χ1n) is 7.92. The summed E-state index contributed by atoms with van der Waals surface area (Å²) in [6.07, 6.45) is 1.54. The van der Waals surface area contributed by atoms with Crippen molar-refractivity contribution in [2.75, 3.05) is 18.4 Å². The molecule has 2 atom stereocenters. The number of aromatic nitrogens is 2. The first-order chi connectivity index (χ1) is 11.1. The van der Waals surface area contributed by atoms with Gasteiger partial charge in [-0.05, 0) is 17.4 Å². The number of hydrogen-bond donors (Lipinski definition) is 3. The molecule has 2 aromatic heterocycles. The number of fused-ring (bicyclic) bond motifs is 1. The lowest BCUT2D eigenvalue weighted by Crippen LogP contribution is -2.38. The molecule has 1 aliphatic heterocycles. The zero-order valence-corrected chi connectivity index (χ0v) is 14.3. The molecule has 0 bridgehead atoms. The zero-order valence-electron chi connectivity index (χ0n) is 13.5. The van der Waals surface area contributed by atoms with Gasteiger partial charge in [0.25, 0.3) is 5.91 Å². The van der Waals surface area contributed by atoms with Gasteiger partial charge in [-0.2, -0.15) is 5.10 Å². The van der Waals surface area contributed by atoms with Gasteiger partial charge in [0, 0.05) is 36.5 Å². The van der Waals surface area contributed by atoms with Gasteiger partial charge in [0.2, 0.25) is 0 Å². The number of amides is 1. The number of rotatable bonds is 6. The third kappa shape index (κ3) is 3.40. The Morgan fingerprint density at radius 3 is 3.09 bits per heavy atom. The number of nitrogens with zero attached hydrogens (tertiary/aromatic N) is 2. The number of nitrogens with two attached hydrogens (primary N) is 1. The summed E-state index contributed by atoms with van der Waals surface area (Å²) in [7, 11) is 0. The average Bonchev–Trinajstić information content (AvgIpc) is 3.15. The van der Waals surface area contributed by atoms with Crippen molar-refractivity contribution in [2.24, 2.45) is 17.6 Å². The number of anilines is 1. The van der Waals surface area contributed by atoms with Gasteiger partial charge in [-0.15, -0.1) is 11.3 Å². The normalized spacial score (nSPS) is 18.5. The van der Waals surface area contributed by atoms with Crippen LogP contribution in [-0.4, -0.2) is 28.8 Å². The zero-order chi connectivity index (χ0) is 16.4. The van der Waals surface area contributed by atoms with E-state index < -0.39 is 5.91 Å². The molecule has 7 heteroatoms. The van der Waals surface area contributed by atoms with E-state index in [2.05, 4.69) is 47.1 Å². The van der Waals surface area contributed by atoms with Gasteiger partial charge in [-0.3, -0.25) is 4.79 Å². The molecule has 3 rings (SSSR count). The van der Waals surface area contributed by atoms with Crippen molar-refractivity contribution < 1.29 is 4.79 Å². The Morgan fingerprint density at radius 1 is 1.61 bits per heavy atom. The Labute approximate surface area is 140 Å². The molecule has 0 radical (unpaired) electrons. The molecular weight excluding hydrogens is 310 g/mol. The third-order valence-corrected chi connectivity index (χ3v) is 5.19. The first-order valence-corrected chi connectivity index (χ1v) is 8.80. The van der Waals surface area contributed by atoms with Gasteiger partial charge in [-0.1, -0.05) is 19.9 Å². The van der Waals surface area contributed by atoms with Crippen LogP contribution >= 0.6 is 11.3 Å². The monoisotopic (exact) mass is 333 g/mol. The average molecular weight is 333 g/mol. The fourth-order valence-electron chi connectivity index (χ4n) is 3.00. The Morgan fingerprint density at radius 2 is 2.43 bits per heavy atom. The Hall–Kier alpha value is -1.86. The molecule has 0 aliphatic carbocycles. The lowest BCUT2D eigenvalue weighted by Gasteiger charge is -2.29. The number of carbonyl (C=O) groups excluding carboxylic acids is 1. The van der Waals surface area contributed by atoms with E-state index in [-0.39, 0.29) is 0 Å². The van der Waals surface area contributed by atoms with E-state index in [0.29, 0.717) is 23.4 Å². The van der Waals surface area contributed by atoms with Gasteiger partial charge in [-0.25, -0.2) is 4.68 Å². The van der Waals surface area contributed by atoms with Crippen LogP contribution < -0.4 is 16.4 Å². The fourth-order valence-corrected chi connectivity index (χ4v) is 3.98. The summed E-state index contributed by atoms with van der Waals surface area (Å²) in [6.45, 7) is 6.98. The quantitative estimate of drug-likeness (QED) is 0.755. The van der Waals surface area contributed by atoms with E-state index in [0.717, 1.165) is 25.5 Å². The van der Waals surface area contributed by atoms with Crippen LogP contribution in [0, 0.1) is 11.8 Å². The highest BCUT2D eigenvalue weighted by Crippen LogP contribution is 2.27. The van der Waals surface area contributed by atoms with Crippen LogP contribution in [0.25, 0.3) is 0 Å². The second-order valence-electron chi connectivity index (χ2n) is 6.35. The molecule has 0 unspecified atom stereocenters. The van der Waals surface area contributed by atoms with Crippen LogP contribution in [0.3, 0.4) is 0 Å². The van der Waals surface area contributed by atoms with Gasteiger partial charge in [0.1, 0.15) is 11.4 Å². The van der Waals surface area contributed by atoms with Crippen LogP contribution in [0.15, 0.2) is 23.7 Å². The molecule has 4 N–H and O–H groups in total. The highest BCUT2D eigenvalue weighted by Gasteiger charge is 2.25. The molecule has 0 spiro atoms. The lowest BCUT2D eigenvalue weighted by molar-refractivity contribution is 0.100. The molecule has 1 amide bonds. The summed E-state index contributed by atoms with van der Waals surface area (Å²) in [5.41, 5.74) is 5.83. The number of carbonyl (C=O) groups is 1. The molecule has 0 fully saturated rings. The predicted molar refractivity (Wildman–Crippen MR) is 92.6 cm³/mol. The minimum absolute atomic E-state index is 0.371. The number of nitrogens with one attached hydrogen (secondary N) is 2. The smallest absolute Gasteiger partial charge is 0.254 e. The third-order valence-electron chi connectivity index (χ3n) is 4.24. The van der Waals surface area contributed by atoms with Crippen LogP contribution in [0.5, 0.6) is 0 Å². The van der Waals surface area contributed by atoms with Gasteiger partial charge in [0.15, 0.2) is 0 Å². The summed E-state index contributed by atoms with van der Waals surface area (Å²) < 4.78 is 1.84. The van der Waals surface area contributed by atoms with E-state index in [1.165, 1.54) is 4.88 Å². The minimum atomic E-state index is -0.437. The van der Waals surface area contributed by atoms with E-state index in [1.807, 2.05) is 4.68 Å². The van der Waals surface area contributed by atoms with Crippen molar-refractivity contribution in [2.45, 2.75) is 26.4 Å². The summed E-state index contributed by atoms with van der Waals surface area (Å²) in [6, 6.07) is 4.66. The van der Waals surface area contributed by atoms with Gasteiger partial charge < -0.3 is 16.4 Å². The Kier molecular flexibility index (Phi) is 4.68. The number of thiophene rings is 1. The van der Waals surface area contributed by atoms with Crippen molar-refractivity contribution in [3.8, 4) is 0 Å². The molecule has 23 heavy (non-hydrogen) atoms. The SMILES string of the molecule is CC(C)[C@@H](NC[C@H]1CNc2c(C(N)=O)cnn2C1)c1cccs1. The highest BCUT2D eigenvalue weighted by atomic mass is 32.1. The summed E-state index contributed by atoms with van der Waals surface area (Å²) in [5.74, 6) is 1.26. The predicted octanol–water partition coefficient (Wildman–Crippen LogP) is 2.07. The molecule has 124 valence electrons. The second-order valence-corrected chi connectivity index (χ2v) is 7.32. The van der Waals surface area contributed by atoms with Crippen molar-refractivity contribution in [1.29, 1.82) is 0 Å². The minimum Gasteiger partial charge on any atom is -0.369 e. The Balaban J connectivity index is 1.62. The van der Waals surface area contributed by atoms with Crippen molar-refractivity contribution in [3.63, 3.8) is 0 Å². The van der Waals surface area contributed by atoms with E-state index >= 15 is 0 Å². The van der Waals surface area contributed by atoms with Crippen LogP contribution in [-0.2, 0) is 6.54 Å². The highest BCUT2D eigenvalue weighted by molar-refractivity contribution is 7.10. The molecule has 2 aromatic rings. The van der Waals surface area contributed by atoms with Crippen LogP contribution in [0.1, 0.15) is 35.1 Å². The fraction of sp³-hybridized carbons (Fsp3) is 0.500. The van der Waals surface area contributed by atoms with E-state index in [9.17, 15) is 4.79 Å². The molecule has 3 heterocycles. The topological polar surface area (TPSA) is 85.0 Å². The maximum atomic E-state index is 11.4. The van der Waals surface area contributed by atoms with Gasteiger partial charge in [0.05, 0.1) is 6.20 Å². The van der Waals surface area contributed by atoms with Crippen molar-refractivity contribution in [1.82, 2.24) is 15.1 Å². The Bertz CT molecular complexity index is 664. The molecule has 1 aliphatic rings. The largest absolute Gasteiger partial charge is 0.369 e. The van der Waals surface area contributed by atoms with Crippen LogP contribution in [0.2, 0.25) is 0 Å². The van der Waals surface area contributed by atoms with Crippen molar-refractivity contribution >= 4 is 23.1 Å². The molecule has 0 aromatic carbocycles. The molecule has 6 nitrogen and oxygen atoms in total. The maximum absolute atomic E-state index is 11.4. The lowest BCUT2D eigenvalue weighted by atomic mass is 10.0. The second kappa shape index (κ2) is 6.72. The van der Waals surface area contributed by atoms with Crippen molar-refractivity contribution in [3.05, 3.63) is 34.2 Å². The summed E-state index contributed by atoms with van der Waals surface area (Å²) in [4.78, 5) is 12.7. The molecule has 0 saturated carbocycles. The van der Waals surface area contributed by atoms with E-state index in [4.69, 9.17) is 5.73 Å². The van der Waals surface area contributed by atoms with Gasteiger partial charge >= 0.3 is 0 Å². The number of hydrogen-bond acceptors (Lipinski definition) is 5. The van der Waals surface area contributed by atoms with E-state index in [1.54, 1.807) is 17.5 Å². The molecular formula is C16H23N5OS. The maximum Gasteiger partial charge on any atom is 0.254 e. The summed E-state index contributed by atoms with van der Waals surface area (Å²) >= 11 is 1.79. The number of primary amides is 1. The van der Waals surface area contributed by atoms with Crippen LogP contribution in [0.4, 0.5) is 5.82 Å². The molecule has 0 saturated heterocycles. The first kappa shape index (κ1) is 16.0. The standard InChI is InChI=1S/C16H23N5OS/c1-10(2)14(13-4-3-5-23-13)18-6-11-7-19-16-12(15(17)22)8-20-21(16)9-11/h3-5,8,10-11,14,18-19H,6-7,9H2,1-2H3,(H2,17,22)/t11-,14+/m0/s1.